The highest BCUT2D eigenvalue weighted by molar-refractivity contribution is 6.06. The molecule has 0 saturated carbocycles. The molecule has 0 aliphatic carbocycles. The van der Waals surface area contributed by atoms with Crippen LogP contribution in [-0.4, -0.2) is 24.0 Å². The number of nitrogens with one attached hydrogen (secondary N) is 1. The highest BCUT2D eigenvalue weighted by Gasteiger charge is 2.14. The smallest absolute Gasteiger partial charge is 0.427 e. The lowest BCUT2D eigenvalue weighted by molar-refractivity contribution is 0.171. The third-order valence-corrected chi connectivity index (χ3v) is 3.73. The minimum Gasteiger partial charge on any atom is -0.452 e. The third kappa shape index (κ3) is 2.81. The molecular formula is C18H17N3O2. The number of aromatic nitrogens is 1. The highest BCUT2D eigenvalue weighted by Crippen LogP contribution is 2.31. The number of para-hydroxylation sites is 1. The van der Waals surface area contributed by atoms with Crippen LogP contribution in [0.3, 0.4) is 0 Å². The Balaban J connectivity index is 2.16. The number of rotatable bonds is 3. The summed E-state index contributed by atoms with van der Waals surface area (Å²) in [5, 5.41) is 5.07. The molecule has 0 unspecified atom stereocenters. The van der Waals surface area contributed by atoms with Crippen molar-refractivity contribution in [2.45, 2.75) is 0 Å². The Bertz CT molecular complexity index is 867. The molecule has 0 spiro atoms. The lowest BCUT2D eigenvalue weighted by Crippen LogP contribution is -2.16. The number of hydrazone groups is 1. The van der Waals surface area contributed by atoms with E-state index in [-0.39, 0.29) is 0 Å². The van der Waals surface area contributed by atoms with Gasteiger partial charge in [0.05, 0.1) is 19.0 Å². The molecule has 3 aromatic rings. The molecule has 0 bridgehead atoms. The zero-order valence-electron chi connectivity index (χ0n) is 13.0. The molecule has 0 atom stereocenters. The quantitative estimate of drug-likeness (QED) is 0.594. The van der Waals surface area contributed by atoms with E-state index in [9.17, 15) is 4.79 Å². The second-order valence-electron chi connectivity index (χ2n) is 5.07. The van der Waals surface area contributed by atoms with Gasteiger partial charge in [-0.15, -0.1) is 0 Å². The Labute approximate surface area is 134 Å². The van der Waals surface area contributed by atoms with Gasteiger partial charge in [0.1, 0.15) is 0 Å². The van der Waals surface area contributed by atoms with Crippen LogP contribution in [0.5, 0.6) is 0 Å². The average Bonchev–Trinajstić information content (AvgIpc) is 2.88. The number of carbonyl (C=O) groups is 1. The van der Waals surface area contributed by atoms with Crippen LogP contribution < -0.4 is 5.43 Å². The van der Waals surface area contributed by atoms with Gasteiger partial charge >= 0.3 is 6.09 Å². The number of fused-ring (bicyclic) bond motifs is 1. The molecule has 0 aliphatic rings. The van der Waals surface area contributed by atoms with E-state index in [0.717, 1.165) is 27.7 Å². The molecule has 1 amide bonds. The lowest BCUT2D eigenvalue weighted by atomic mass is 10.1. The number of hydrogen-bond donors (Lipinski definition) is 1. The number of aryl methyl sites for hydroxylation is 1. The molecule has 0 saturated heterocycles. The predicted molar refractivity (Wildman–Crippen MR) is 91.5 cm³/mol. The molecule has 5 nitrogen and oxygen atoms in total. The summed E-state index contributed by atoms with van der Waals surface area (Å²) in [6, 6.07) is 18.2. The summed E-state index contributed by atoms with van der Waals surface area (Å²) in [6.07, 6.45) is 1.06. The summed E-state index contributed by atoms with van der Waals surface area (Å²) in [5.41, 5.74) is 6.52. The minimum atomic E-state index is -0.595. The van der Waals surface area contributed by atoms with Crippen LogP contribution in [0.1, 0.15) is 5.56 Å². The van der Waals surface area contributed by atoms with Gasteiger partial charge in [-0.25, -0.2) is 10.2 Å². The van der Waals surface area contributed by atoms with Crippen molar-refractivity contribution in [3.05, 3.63) is 60.2 Å². The van der Waals surface area contributed by atoms with Gasteiger partial charge < -0.3 is 9.30 Å². The van der Waals surface area contributed by atoms with Crippen molar-refractivity contribution < 1.29 is 9.53 Å². The van der Waals surface area contributed by atoms with Crippen LogP contribution in [0, 0.1) is 0 Å². The first-order valence-electron chi connectivity index (χ1n) is 7.22. The van der Waals surface area contributed by atoms with Crippen LogP contribution in [0.15, 0.2) is 59.7 Å². The van der Waals surface area contributed by atoms with E-state index in [1.54, 1.807) is 6.21 Å². The van der Waals surface area contributed by atoms with Gasteiger partial charge in [-0.1, -0.05) is 48.5 Å². The van der Waals surface area contributed by atoms with E-state index in [1.165, 1.54) is 7.11 Å². The van der Waals surface area contributed by atoms with Gasteiger partial charge in [-0.05, 0) is 11.6 Å². The van der Waals surface area contributed by atoms with Gasteiger partial charge in [0.15, 0.2) is 0 Å². The second-order valence-corrected chi connectivity index (χ2v) is 5.07. The number of methoxy groups -OCH3 is 1. The molecule has 0 fully saturated rings. The van der Waals surface area contributed by atoms with Crippen molar-refractivity contribution in [3.63, 3.8) is 0 Å². The fraction of sp³-hybridized carbons (Fsp3) is 0.111. The van der Waals surface area contributed by atoms with Crippen LogP contribution in [0.4, 0.5) is 4.79 Å². The predicted octanol–water partition coefficient (Wildman–Crippen LogP) is 3.54. The molecular weight excluding hydrogens is 290 g/mol. The molecule has 23 heavy (non-hydrogen) atoms. The van der Waals surface area contributed by atoms with Gasteiger partial charge in [0.25, 0.3) is 0 Å². The van der Waals surface area contributed by atoms with Crippen molar-refractivity contribution in [3.8, 4) is 11.3 Å². The first-order valence-corrected chi connectivity index (χ1v) is 7.22. The normalized spacial score (nSPS) is 11.0. The SMILES string of the molecule is COC(=O)N/N=C/c1c(-c2ccccc2)n(C)c2ccccc12. The minimum absolute atomic E-state index is 0.595. The maximum Gasteiger partial charge on any atom is 0.427 e. The van der Waals surface area contributed by atoms with Gasteiger partial charge in [0, 0.05) is 23.5 Å². The van der Waals surface area contributed by atoms with E-state index in [0.29, 0.717) is 0 Å². The van der Waals surface area contributed by atoms with E-state index in [2.05, 4.69) is 38.0 Å². The standard InChI is InChI=1S/C18H17N3O2/c1-21-16-11-7-6-10-14(16)15(12-19-20-18(22)23-2)17(21)13-8-4-3-5-9-13/h3-12H,1-2H3,(H,20,22)/b19-12+. The maximum atomic E-state index is 11.2. The largest absolute Gasteiger partial charge is 0.452 e. The van der Waals surface area contributed by atoms with Crippen LogP contribution in [0.2, 0.25) is 0 Å². The molecule has 2 aromatic carbocycles. The zero-order chi connectivity index (χ0) is 16.2. The number of benzene rings is 2. The number of nitrogens with zero attached hydrogens (tertiary/aromatic N) is 2. The van der Waals surface area contributed by atoms with Crippen LogP contribution >= 0.6 is 0 Å². The van der Waals surface area contributed by atoms with Gasteiger partial charge in [0.2, 0.25) is 0 Å². The van der Waals surface area contributed by atoms with Gasteiger partial charge in [-0.2, -0.15) is 5.10 Å². The van der Waals surface area contributed by atoms with E-state index in [4.69, 9.17) is 0 Å². The first-order chi connectivity index (χ1) is 11.2. The molecule has 3 rings (SSSR count). The summed E-state index contributed by atoms with van der Waals surface area (Å²) in [7, 11) is 3.33. The summed E-state index contributed by atoms with van der Waals surface area (Å²) in [5.74, 6) is 0. The van der Waals surface area contributed by atoms with Crippen LogP contribution in [-0.2, 0) is 11.8 Å². The molecule has 1 N–H and O–H groups in total. The number of carbonyl (C=O) groups excluding carboxylic acids is 1. The molecule has 1 heterocycles. The number of ether oxygens (including phenoxy) is 1. The fourth-order valence-corrected chi connectivity index (χ4v) is 2.69. The summed E-state index contributed by atoms with van der Waals surface area (Å²) in [4.78, 5) is 11.2. The summed E-state index contributed by atoms with van der Waals surface area (Å²) >= 11 is 0. The molecule has 1 aromatic heterocycles. The first kappa shape index (κ1) is 14.8. The Morgan fingerprint density at radius 2 is 1.83 bits per heavy atom. The third-order valence-electron chi connectivity index (χ3n) is 3.73. The number of amides is 1. The van der Waals surface area contributed by atoms with Crippen molar-refractivity contribution >= 4 is 23.2 Å². The van der Waals surface area contributed by atoms with Crippen molar-refractivity contribution in [2.75, 3.05) is 7.11 Å². The van der Waals surface area contributed by atoms with E-state index in [1.807, 2.05) is 43.4 Å². The summed E-state index contributed by atoms with van der Waals surface area (Å²) in [6.45, 7) is 0. The Morgan fingerprint density at radius 3 is 2.57 bits per heavy atom. The highest BCUT2D eigenvalue weighted by atomic mass is 16.5. The van der Waals surface area contributed by atoms with E-state index >= 15 is 0 Å². The zero-order valence-corrected chi connectivity index (χ0v) is 13.0. The molecule has 116 valence electrons. The van der Waals surface area contributed by atoms with Gasteiger partial charge in [-0.3, -0.25) is 0 Å². The summed E-state index contributed by atoms with van der Waals surface area (Å²) < 4.78 is 6.66. The van der Waals surface area contributed by atoms with Crippen molar-refractivity contribution in [1.29, 1.82) is 0 Å². The lowest BCUT2D eigenvalue weighted by Gasteiger charge is -2.06. The monoisotopic (exact) mass is 307 g/mol. The Hall–Kier alpha value is -3.08. The Kier molecular flexibility index (Phi) is 4.10. The second kappa shape index (κ2) is 6.36. The maximum absolute atomic E-state index is 11.2. The molecule has 5 heteroatoms. The topological polar surface area (TPSA) is 55.6 Å². The molecule has 0 aliphatic heterocycles. The Morgan fingerprint density at radius 1 is 1.13 bits per heavy atom. The van der Waals surface area contributed by atoms with E-state index < -0.39 is 6.09 Å². The molecule has 0 radical (unpaired) electrons. The van der Waals surface area contributed by atoms with Crippen molar-refractivity contribution in [2.24, 2.45) is 12.1 Å². The number of hydrogen-bond acceptors (Lipinski definition) is 3. The van der Waals surface area contributed by atoms with Crippen LogP contribution in [0.25, 0.3) is 22.2 Å². The fourth-order valence-electron chi connectivity index (χ4n) is 2.69. The van der Waals surface area contributed by atoms with Crippen molar-refractivity contribution in [1.82, 2.24) is 9.99 Å². The average molecular weight is 307 g/mol.